The summed E-state index contributed by atoms with van der Waals surface area (Å²) in [4.78, 5) is 0.206. The SMILES string of the molecule is CCCc1ccc(S(=O)(=O)NCC(C)(O)Cc2ccc(OC)cc2)cc1. The number of sulfonamides is 1. The van der Waals surface area contributed by atoms with Crippen molar-refractivity contribution in [3.05, 3.63) is 59.7 Å². The van der Waals surface area contributed by atoms with Crippen molar-refractivity contribution in [2.24, 2.45) is 0 Å². The summed E-state index contributed by atoms with van der Waals surface area (Å²) in [7, 11) is -2.07. The van der Waals surface area contributed by atoms with E-state index in [4.69, 9.17) is 4.74 Å². The maximum absolute atomic E-state index is 12.4. The molecule has 0 aliphatic rings. The molecule has 2 aromatic carbocycles. The first-order chi connectivity index (χ1) is 12.3. The molecule has 5 nitrogen and oxygen atoms in total. The molecule has 0 aliphatic carbocycles. The van der Waals surface area contributed by atoms with E-state index >= 15 is 0 Å². The second kappa shape index (κ2) is 8.66. The van der Waals surface area contributed by atoms with Gasteiger partial charge in [-0.3, -0.25) is 0 Å². The van der Waals surface area contributed by atoms with E-state index in [9.17, 15) is 13.5 Å². The van der Waals surface area contributed by atoms with Crippen molar-refractivity contribution in [1.82, 2.24) is 4.72 Å². The van der Waals surface area contributed by atoms with Gasteiger partial charge < -0.3 is 9.84 Å². The monoisotopic (exact) mass is 377 g/mol. The van der Waals surface area contributed by atoms with Crippen molar-refractivity contribution in [3.63, 3.8) is 0 Å². The van der Waals surface area contributed by atoms with E-state index in [-0.39, 0.29) is 11.4 Å². The number of rotatable bonds is 9. The zero-order valence-corrected chi connectivity index (χ0v) is 16.3. The van der Waals surface area contributed by atoms with E-state index in [1.54, 1.807) is 26.2 Å². The number of nitrogens with one attached hydrogen (secondary N) is 1. The number of aliphatic hydroxyl groups is 1. The molecule has 0 fully saturated rings. The van der Waals surface area contributed by atoms with E-state index < -0.39 is 15.6 Å². The van der Waals surface area contributed by atoms with Gasteiger partial charge in [-0.2, -0.15) is 0 Å². The Morgan fingerprint density at radius 1 is 1.04 bits per heavy atom. The lowest BCUT2D eigenvalue weighted by atomic mass is 9.97. The van der Waals surface area contributed by atoms with Crippen LogP contribution in [0.4, 0.5) is 0 Å². The average molecular weight is 378 g/mol. The van der Waals surface area contributed by atoms with E-state index in [0.29, 0.717) is 6.42 Å². The van der Waals surface area contributed by atoms with Gasteiger partial charge in [-0.25, -0.2) is 13.1 Å². The summed E-state index contributed by atoms with van der Waals surface area (Å²) in [6.07, 6.45) is 2.26. The number of aryl methyl sites for hydroxylation is 1. The van der Waals surface area contributed by atoms with E-state index in [1.165, 1.54) is 0 Å². The van der Waals surface area contributed by atoms with E-state index in [1.807, 2.05) is 36.4 Å². The number of benzene rings is 2. The van der Waals surface area contributed by atoms with Gasteiger partial charge in [0.2, 0.25) is 10.0 Å². The first-order valence-electron chi connectivity index (χ1n) is 8.70. The molecule has 0 spiro atoms. The summed E-state index contributed by atoms with van der Waals surface area (Å²) in [5, 5.41) is 10.6. The Morgan fingerprint density at radius 3 is 2.15 bits per heavy atom. The molecule has 0 saturated heterocycles. The molecule has 142 valence electrons. The highest BCUT2D eigenvalue weighted by atomic mass is 32.2. The zero-order valence-electron chi connectivity index (χ0n) is 15.5. The zero-order chi connectivity index (χ0) is 19.2. The van der Waals surface area contributed by atoms with Crippen LogP contribution in [0.2, 0.25) is 0 Å². The summed E-state index contributed by atoms with van der Waals surface area (Å²) < 4.78 is 32.5. The number of hydrogen-bond donors (Lipinski definition) is 2. The summed E-state index contributed by atoms with van der Waals surface area (Å²) in [6, 6.07) is 14.2. The predicted molar refractivity (Wildman–Crippen MR) is 103 cm³/mol. The van der Waals surface area contributed by atoms with Crippen molar-refractivity contribution in [2.75, 3.05) is 13.7 Å². The lowest BCUT2D eigenvalue weighted by molar-refractivity contribution is 0.0657. The maximum atomic E-state index is 12.4. The molecule has 0 aliphatic heterocycles. The van der Waals surface area contributed by atoms with Crippen molar-refractivity contribution >= 4 is 10.0 Å². The molecule has 2 aromatic rings. The topological polar surface area (TPSA) is 75.6 Å². The molecule has 0 heterocycles. The van der Waals surface area contributed by atoms with Gasteiger partial charge in [0.1, 0.15) is 5.75 Å². The largest absolute Gasteiger partial charge is 0.497 e. The third-order valence-electron chi connectivity index (χ3n) is 4.16. The molecule has 0 saturated carbocycles. The third kappa shape index (κ3) is 5.83. The Balaban J connectivity index is 1.99. The normalized spacial score (nSPS) is 14.0. The molecule has 0 bridgehead atoms. The van der Waals surface area contributed by atoms with Crippen molar-refractivity contribution in [3.8, 4) is 5.75 Å². The fourth-order valence-electron chi connectivity index (χ4n) is 2.70. The molecule has 6 heteroatoms. The predicted octanol–water partition coefficient (Wildman–Crippen LogP) is 2.92. The Labute approximate surface area is 156 Å². The van der Waals surface area contributed by atoms with Crippen LogP contribution in [0.3, 0.4) is 0 Å². The molecule has 1 atom stereocenters. The van der Waals surface area contributed by atoms with Gasteiger partial charge in [-0.05, 0) is 48.7 Å². The number of hydrogen-bond acceptors (Lipinski definition) is 4. The van der Waals surface area contributed by atoms with Gasteiger partial charge in [0.25, 0.3) is 0 Å². The first-order valence-corrected chi connectivity index (χ1v) is 10.2. The van der Waals surface area contributed by atoms with Gasteiger partial charge in [0.15, 0.2) is 0 Å². The first kappa shape index (κ1) is 20.4. The molecule has 2 N–H and O–H groups in total. The molecule has 26 heavy (non-hydrogen) atoms. The van der Waals surface area contributed by atoms with Crippen LogP contribution in [0, 0.1) is 0 Å². The van der Waals surface area contributed by atoms with Gasteiger partial charge in [0.05, 0.1) is 17.6 Å². The van der Waals surface area contributed by atoms with Crippen molar-refractivity contribution in [1.29, 1.82) is 0 Å². The van der Waals surface area contributed by atoms with Crippen LogP contribution in [-0.2, 0) is 22.9 Å². The summed E-state index contributed by atoms with van der Waals surface area (Å²) in [6.45, 7) is 3.62. The van der Waals surface area contributed by atoms with Crippen LogP contribution in [0.25, 0.3) is 0 Å². The highest BCUT2D eigenvalue weighted by molar-refractivity contribution is 7.89. The van der Waals surface area contributed by atoms with Gasteiger partial charge in [-0.15, -0.1) is 0 Å². The van der Waals surface area contributed by atoms with Crippen LogP contribution < -0.4 is 9.46 Å². The minimum atomic E-state index is -3.66. The van der Waals surface area contributed by atoms with Crippen molar-refractivity contribution in [2.45, 2.75) is 43.6 Å². The third-order valence-corrected chi connectivity index (χ3v) is 5.58. The molecular formula is C20H27NO4S. The van der Waals surface area contributed by atoms with E-state index in [0.717, 1.165) is 29.7 Å². The van der Waals surface area contributed by atoms with E-state index in [2.05, 4.69) is 11.6 Å². The molecular weight excluding hydrogens is 350 g/mol. The van der Waals surface area contributed by atoms with Gasteiger partial charge in [-0.1, -0.05) is 37.6 Å². The Bertz CT molecular complexity index is 797. The standard InChI is InChI=1S/C20H27NO4S/c1-4-5-16-8-12-19(13-9-16)26(23,24)21-15-20(2,22)14-17-6-10-18(25-3)11-7-17/h6-13,21-22H,4-5,14-15H2,1-3H3. The molecule has 2 rings (SSSR count). The summed E-state index contributed by atoms with van der Waals surface area (Å²) in [5.74, 6) is 0.737. The second-order valence-corrected chi connectivity index (χ2v) is 8.51. The summed E-state index contributed by atoms with van der Waals surface area (Å²) >= 11 is 0. The minimum Gasteiger partial charge on any atom is -0.497 e. The maximum Gasteiger partial charge on any atom is 0.240 e. The fraction of sp³-hybridized carbons (Fsp3) is 0.400. The van der Waals surface area contributed by atoms with Crippen LogP contribution >= 0.6 is 0 Å². The van der Waals surface area contributed by atoms with Crippen LogP contribution in [0.1, 0.15) is 31.4 Å². The lowest BCUT2D eigenvalue weighted by Crippen LogP contribution is -2.42. The Hall–Kier alpha value is -1.89. The van der Waals surface area contributed by atoms with Crippen LogP contribution in [0.15, 0.2) is 53.4 Å². The highest BCUT2D eigenvalue weighted by Crippen LogP contribution is 2.18. The fourth-order valence-corrected chi connectivity index (χ4v) is 3.87. The van der Waals surface area contributed by atoms with Crippen LogP contribution in [-0.4, -0.2) is 32.8 Å². The second-order valence-electron chi connectivity index (χ2n) is 6.74. The Morgan fingerprint density at radius 2 is 1.62 bits per heavy atom. The lowest BCUT2D eigenvalue weighted by Gasteiger charge is -2.24. The number of ether oxygens (including phenoxy) is 1. The molecule has 0 amide bonds. The van der Waals surface area contributed by atoms with Crippen molar-refractivity contribution < 1.29 is 18.3 Å². The minimum absolute atomic E-state index is 0.0714. The summed E-state index contributed by atoms with van der Waals surface area (Å²) in [5.41, 5.74) is 0.806. The average Bonchev–Trinajstić information content (AvgIpc) is 2.61. The molecule has 1 unspecified atom stereocenters. The highest BCUT2D eigenvalue weighted by Gasteiger charge is 2.24. The quantitative estimate of drug-likeness (QED) is 0.705. The molecule has 0 aromatic heterocycles. The molecule has 0 radical (unpaired) electrons. The smallest absolute Gasteiger partial charge is 0.240 e. The van der Waals surface area contributed by atoms with Gasteiger partial charge >= 0.3 is 0 Å². The number of methoxy groups -OCH3 is 1. The van der Waals surface area contributed by atoms with Crippen LogP contribution in [0.5, 0.6) is 5.75 Å². The van der Waals surface area contributed by atoms with Gasteiger partial charge in [0, 0.05) is 13.0 Å². The Kier molecular flexibility index (Phi) is 6.81.